The number of aliphatic hydroxyl groups excluding tert-OH is 1. The first-order chi connectivity index (χ1) is 15.4. The Morgan fingerprint density at radius 3 is 0.935 bits per heavy atom. The van der Waals surface area contributed by atoms with Gasteiger partial charge >= 0.3 is 0 Å². The summed E-state index contributed by atoms with van der Waals surface area (Å²) in [6.45, 7) is 12.6. The molecule has 9 heteroatoms. The van der Waals surface area contributed by atoms with Crippen LogP contribution in [-0.4, -0.2) is 117 Å². The SMILES string of the molecule is [CH2-]CCCCCOCCOCCOCCOCCOCCOCCOCCOCCO. The molecule has 0 aliphatic rings. The molecule has 0 heterocycles. The summed E-state index contributed by atoms with van der Waals surface area (Å²) < 4.78 is 43.0. The zero-order chi connectivity index (χ0) is 22.5. The van der Waals surface area contributed by atoms with E-state index in [0.717, 1.165) is 19.4 Å². The standard InChI is InChI=1S/C22H45O9/c1-2-3-4-5-7-24-9-11-26-13-15-28-17-19-30-21-22-31-20-18-29-16-14-27-12-10-25-8-6-23/h23H,1-22H2/q-1. The van der Waals surface area contributed by atoms with E-state index in [4.69, 9.17) is 43.0 Å². The van der Waals surface area contributed by atoms with Crippen LogP contribution in [0, 0.1) is 6.92 Å². The van der Waals surface area contributed by atoms with Gasteiger partial charge in [0.25, 0.3) is 0 Å². The molecule has 0 fully saturated rings. The highest BCUT2D eigenvalue weighted by atomic mass is 16.6. The molecule has 1 N–H and O–H groups in total. The van der Waals surface area contributed by atoms with E-state index in [1.807, 2.05) is 0 Å². The Kier molecular flexibility index (Phi) is 29.3. The first-order valence-electron chi connectivity index (χ1n) is 11.4. The van der Waals surface area contributed by atoms with Gasteiger partial charge in [-0.25, -0.2) is 0 Å². The monoisotopic (exact) mass is 453 g/mol. The number of rotatable bonds is 28. The fraction of sp³-hybridized carbons (Fsp3) is 0.955. The van der Waals surface area contributed by atoms with E-state index in [9.17, 15) is 0 Å². The molecule has 0 atom stereocenters. The fourth-order valence-corrected chi connectivity index (χ4v) is 2.26. The lowest BCUT2D eigenvalue weighted by atomic mass is 10.2. The van der Waals surface area contributed by atoms with Crippen molar-refractivity contribution in [3.63, 3.8) is 0 Å². The van der Waals surface area contributed by atoms with Gasteiger partial charge in [-0.05, 0) is 6.42 Å². The first-order valence-corrected chi connectivity index (χ1v) is 11.4. The summed E-state index contributed by atoms with van der Waals surface area (Å²) in [5.41, 5.74) is 0. The number of unbranched alkanes of at least 4 members (excludes halogenated alkanes) is 3. The summed E-state index contributed by atoms with van der Waals surface area (Å²) in [7, 11) is 0. The fourth-order valence-electron chi connectivity index (χ4n) is 2.26. The third-order valence-electron chi connectivity index (χ3n) is 3.88. The molecular weight excluding hydrogens is 408 g/mol. The minimum Gasteiger partial charge on any atom is -0.394 e. The van der Waals surface area contributed by atoms with Crippen molar-refractivity contribution < 1.29 is 43.0 Å². The maximum absolute atomic E-state index is 8.54. The van der Waals surface area contributed by atoms with Crippen LogP contribution < -0.4 is 0 Å². The molecule has 0 aliphatic carbocycles. The number of aliphatic hydroxyl groups is 1. The van der Waals surface area contributed by atoms with Crippen LogP contribution in [0.3, 0.4) is 0 Å². The molecular formula is C22H45O9-. The van der Waals surface area contributed by atoms with Crippen LogP contribution in [0.4, 0.5) is 0 Å². The molecule has 0 amide bonds. The van der Waals surface area contributed by atoms with Crippen molar-refractivity contribution in [3.8, 4) is 0 Å². The molecule has 0 spiro atoms. The average molecular weight is 454 g/mol. The molecule has 0 bridgehead atoms. The molecule has 0 aliphatic heterocycles. The van der Waals surface area contributed by atoms with Crippen molar-refractivity contribution in [3.05, 3.63) is 6.92 Å². The van der Waals surface area contributed by atoms with Crippen molar-refractivity contribution in [2.24, 2.45) is 0 Å². The number of ether oxygens (including phenoxy) is 8. The molecule has 0 rings (SSSR count). The largest absolute Gasteiger partial charge is 0.394 e. The average Bonchev–Trinajstić information content (AvgIpc) is 2.78. The molecule has 188 valence electrons. The molecule has 0 unspecified atom stereocenters. The van der Waals surface area contributed by atoms with Gasteiger partial charge in [0.1, 0.15) is 0 Å². The highest BCUT2D eigenvalue weighted by molar-refractivity contribution is 4.43. The van der Waals surface area contributed by atoms with Crippen molar-refractivity contribution in [2.75, 3.05) is 112 Å². The highest BCUT2D eigenvalue weighted by Crippen LogP contribution is 1.98. The lowest BCUT2D eigenvalue weighted by Crippen LogP contribution is -2.15. The van der Waals surface area contributed by atoms with E-state index in [1.165, 1.54) is 12.8 Å². The van der Waals surface area contributed by atoms with E-state index in [2.05, 4.69) is 6.92 Å². The van der Waals surface area contributed by atoms with Crippen LogP contribution in [0.25, 0.3) is 0 Å². The molecule has 0 saturated carbocycles. The van der Waals surface area contributed by atoms with Crippen LogP contribution in [0.5, 0.6) is 0 Å². The Labute approximate surface area is 188 Å². The Morgan fingerprint density at radius 1 is 0.355 bits per heavy atom. The quantitative estimate of drug-likeness (QED) is 0.140. The van der Waals surface area contributed by atoms with Crippen LogP contribution >= 0.6 is 0 Å². The van der Waals surface area contributed by atoms with E-state index in [0.29, 0.717) is 99.1 Å². The minimum absolute atomic E-state index is 0.0339. The van der Waals surface area contributed by atoms with Gasteiger partial charge in [-0.15, -0.1) is 0 Å². The number of hydrogen-bond donors (Lipinski definition) is 1. The summed E-state index contributed by atoms with van der Waals surface area (Å²) in [6, 6.07) is 0. The van der Waals surface area contributed by atoms with Gasteiger partial charge in [0, 0.05) is 6.61 Å². The summed E-state index contributed by atoms with van der Waals surface area (Å²) in [5.74, 6) is 0. The maximum atomic E-state index is 8.54. The van der Waals surface area contributed by atoms with Gasteiger partial charge in [-0.1, -0.05) is 12.8 Å². The van der Waals surface area contributed by atoms with Gasteiger partial charge in [0.2, 0.25) is 0 Å². The normalized spacial score (nSPS) is 11.4. The van der Waals surface area contributed by atoms with E-state index in [-0.39, 0.29) is 6.61 Å². The van der Waals surface area contributed by atoms with Crippen LogP contribution in [0.15, 0.2) is 0 Å². The predicted molar refractivity (Wildman–Crippen MR) is 117 cm³/mol. The first kappa shape index (κ1) is 30.6. The Balaban J connectivity index is 2.98. The molecule has 9 nitrogen and oxygen atoms in total. The molecule has 31 heavy (non-hydrogen) atoms. The lowest BCUT2D eigenvalue weighted by Gasteiger charge is -2.08. The van der Waals surface area contributed by atoms with Crippen LogP contribution in [0.2, 0.25) is 0 Å². The molecule has 0 aromatic heterocycles. The van der Waals surface area contributed by atoms with Crippen LogP contribution in [-0.2, 0) is 37.9 Å². The van der Waals surface area contributed by atoms with E-state index < -0.39 is 0 Å². The topological polar surface area (TPSA) is 94.1 Å². The summed E-state index contributed by atoms with van der Waals surface area (Å²) >= 11 is 0. The second-order valence-corrected chi connectivity index (χ2v) is 6.54. The minimum atomic E-state index is 0.0339. The Morgan fingerprint density at radius 2 is 0.645 bits per heavy atom. The van der Waals surface area contributed by atoms with E-state index >= 15 is 0 Å². The van der Waals surface area contributed by atoms with Crippen LogP contribution in [0.1, 0.15) is 25.7 Å². The van der Waals surface area contributed by atoms with Gasteiger partial charge in [0.15, 0.2) is 0 Å². The van der Waals surface area contributed by atoms with Gasteiger partial charge in [-0.3, -0.25) is 0 Å². The van der Waals surface area contributed by atoms with Crippen molar-refractivity contribution in [2.45, 2.75) is 25.7 Å². The Hall–Kier alpha value is -0.360. The number of hydrogen-bond acceptors (Lipinski definition) is 9. The molecule has 0 saturated heterocycles. The summed E-state index contributed by atoms with van der Waals surface area (Å²) in [5, 5.41) is 8.54. The van der Waals surface area contributed by atoms with Gasteiger partial charge in [-0.2, -0.15) is 6.42 Å². The van der Waals surface area contributed by atoms with Crippen molar-refractivity contribution in [1.82, 2.24) is 0 Å². The molecule has 0 aromatic rings. The zero-order valence-electron chi connectivity index (χ0n) is 19.3. The smallest absolute Gasteiger partial charge is 0.0701 e. The van der Waals surface area contributed by atoms with Crippen molar-refractivity contribution in [1.29, 1.82) is 0 Å². The molecule has 0 aromatic carbocycles. The zero-order valence-corrected chi connectivity index (χ0v) is 19.3. The predicted octanol–water partition coefficient (Wildman–Crippen LogP) is 1.51. The van der Waals surface area contributed by atoms with Gasteiger partial charge < -0.3 is 49.9 Å². The summed E-state index contributed by atoms with van der Waals surface area (Å²) in [4.78, 5) is 0. The molecule has 0 radical (unpaired) electrons. The summed E-state index contributed by atoms with van der Waals surface area (Å²) in [6.07, 6.45) is 4.45. The third-order valence-corrected chi connectivity index (χ3v) is 3.88. The maximum Gasteiger partial charge on any atom is 0.0701 e. The second-order valence-electron chi connectivity index (χ2n) is 6.54. The second kappa shape index (κ2) is 29.6. The third kappa shape index (κ3) is 29.6. The lowest BCUT2D eigenvalue weighted by molar-refractivity contribution is -0.0238. The van der Waals surface area contributed by atoms with Gasteiger partial charge in [0.05, 0.1) is 106 Å². The van der Waals surface area contributed by atoms with Crippen molar-refractivity contribution >= 4 is 0 Å². The van der Waals surface area contributed by atoms with E-state index in [1.54, 1.807) is 0 Å². The highest BCUT2D eigenvalue weighted by Gasteiger charge is 1.95. The Bertz CT molecular complexity index is 281.